The Morgan fingerprint density at radius 1 is 1.57 bits per heavy atom. The van der Waals surface area contributed by atoms with Gasteiger partial charge in [-0.25, -0.2) is 0 Å². The van der Waals surface area contributed by atoms with E-state index in [9.17, 15) is 4.79 Å². The van der Waals surface area contributed by atoms with E-state index in [4.69, 9.17) is 9.94 Å². The molecule has 14 heavy (non-hydrogen) atoms. The van der Waals surface area contributed by atoms with Gasteiger partial charge in [-0.05, 0) is 24.8 Å². The number of ketones is 1. The number of carbonyl (C=O) groups excluding carboxylic acids is 1. The highest BCUT2D eigenvalue weighted by molar-refractivity contribution is 6.35. The van der Waals surface area contributed by atoms with E-state index >= 15 is 0 Å². The van der Waals surface area contributed by atoms with Gasteiger partial charge in [0.15, 0.2) is 0 Å². The fraction of sp³-hybridized carbons (Fsp3) is 0.600. The van der Waals surface area contributed by atoms with E-state index < -0.39 is 0 Å². The van der Waals surface area contributed by atoms with Gasteiger partial charge in [0, 0.05) is 5.57 Å². The van der Waals surface area contributed by atoms with Gasteiger partial charge in [-0.1, -0.05) is 11.6 Å². The molecule has 1 N–H and O–H groups in total. The molecule has 0 saturated heterocycles. The first-order valence-corrected chi connectivity index (χ1v) is 4.88. The number of oxime groups is 1. The Hall–Kier alpha value is -1.16. The number of nitrogens with zero attached hydrogens (tertiary/aromatic N) is 1. The minimum absolute atomic E-state index is 0.148. The summed E-state index contributed by atoms with van der Waals surface area (Å²) in [7, 11) is 0. The van der Waals surface area contributed by atoms with E-state index in [1.165, 1.54) is 6.42 Å². The summed E-state index contributed by atoms with van der Waals surface area (Å²) >= 11 is 0. The Morgan fingerprint density at radius 3 is 3.21 bits per heavy atom. The zero-order chi connectivity index (χ0) is 9.97. The Bertz CT molecular complexity index is 306. The molecule has 0 aromatic rings. The molecule has 1 saturated carbocycles. The van der Waals surface area contributed by atoms with Gasteiger partial charge in [0.2, 0.25) is 5.78 Å². The second kappa shape index (κ2) is 3.92. The Balaban J connectivity index is 2.21. The maximum atomic E-state index is 11.5. The average molecular weight is 195 g/mol. The number of Topliss-reactive ketones (excluding diaryl/α,β-unsaturated/α-hetero) is 1. The van der Waals surface area contributed by atoms with Crippen LogP contribution in [0.3, 0.4) is 0 Å². The predicted molar refractivity (Wildman–Crippen MR) is 50.5 cm³/mol. The van der Waals surface area contributed by atoms with Crippen molar-refractivity contribution in [1.29, 1.82) is 0 Å². The van der Waals surface area contributed by atoms with E-state index in [-0.39, 0.29) is 11.9 Å². The zero-order valence-corrected chi connectivity index (χ0v) is 7.90. The van der Waals surface area contributed by atoms with E-state index in [0.717, 1.165) is 31.1 Å². The van der Waals surface area contributed by atoms with Crippen LogP contribution in [0.25, 0.3) is 0 Å². The third-order valence-electron chi connectivity index (χ3n) is 2.84. The van der Waals surface area contributed by atoms with E-state index in [0.29, 0.717) is 12.2 Å². The van der Waals surface area contributed by atoms with Gasteiger partial charge in [0.05, 0.1) is 12.7 Å². The van der Waals surface area contributed by atoms with E-state index in [1.54, 1.807) is 0 Å². The fourth-order valence-corrected chi connectivity index (χ4v) is 2.15. The zero-order valence-electron chi connectivity index (χ0n) is 7.90. The van der Waals surface area contributed by atoms with Gasteiger partial charge in [0.1, 0.15) is 6.21 Å². The Kier molecular flexibility index (Phi) is 2.63. The van der Waals surface area contributed by atoms with Crippen LogP contribution >= 0.6 is 0 Å². The minimum atomic E-state index is -0.216. The van der Waals surface area contributed by atoms with Gasteiger partial charge < -0.3 is 9.94 Å². The first-order valence-electron chi connectivity index (χ1n) is 4.88. The standard InChI is InChI=1S/C10H13NO3/c12-9(5-11-13)8-6-14-10-4-2-1-3-7(8)10/h5,10,13H,1-4,6H2/b11-5+. The predicted octanol–water partition coefficient (Wildman–Crippen LogP) is 1.28. The molecular weight excluding hydrogens is 182 g/mol. The number of carbonyl (C=O) groups is 1. The number of hydrogen-bond acceptors (Lipinski definition) is 4. The van der Waals surface area contributed by atoms with Crippen LogP contribution in [0.1, 0.15) is 25.7 Å². The van der Waals surface area contributed by atoms with Crippen molar-refractivity contribution in [3.05, 3.63) is 11.1 Å². The Morgan fingerprint density at radius 2 is 2.43 bits per heavy atom. The third-order valence-corrected chi connectivity index (χ3v) is 2.84. The highest BCUT2D eigenvalue weighted by Gasteiger charge is 2.30. The SMILES string of the molecule is O=C(/C=N/O)C1=C2CCCCC2OC1. The van der Waals surface area contributed by atoms with Crippen molar-refractivity contribution in [2.75, 3.05) is 6.61 Å². The number of fused-ring (bicyclic) bond motifs is 1. The van der Waals surface area contributed by atoms with Crippen molar-refractivity contribution in [3.63, 3.8) is 0 Å². The summed E-state index contributed by atoms with van der Waals surface area (Å²) in [5, 5.41) is 11.0. The lowest BCUT2D eigenvalue weighted by atomic mass is 9.89. The molecule has 2 rings (SSSR count). The van der Waals surface area contributed by atoms with Crippen LogP contribution in [0, 0.1) is 0 Å². The molecule has 1 aliphatic heterocycles. The summed E-state index contributed by atoms with van der Waals surface area (Å²) in [6.07, 6.45) is 5.36. The van der Waals surface area contributed by atoms with Crippen LogP contribution in [0.15, 0.2) is 16.3 Å². The highest BCUT2D eigenvalue weighted by Crippen LogP contribution is 2.33. The summed E-state index contributed by atoms with van der Waals surface area (Å²) in [4.78, 5) is 11.5. The maximum absolute atomic E-state index is 11.5. The summed E-state index contributed by atoms with van der Waals surface area (Å²) in [5.74, 6) is -0.216. The molecular formula is C10H13NO3. The van der Waals surface area contributed by atoms with E-state index in [2.05, 4.69) is 5.16 Å². The smallest absolute Gasteiger partial charge is 0.205 e. The molecule has 0 radical (unpaired) electrons. The van der Waals surface area contributed by atoms with Crippen LogP contribution in [-0.2, 0) is 9.53 Å². The molecule has 1 heterocycles. The lowest BCUT2D eigenvalue weighted by molar-refractivity contribution is -0.109. The Labute approximate surface area is 82.2 Å². The molecule has 4 heteroatoms. The molecule has 1 unspecified atom stereocenters. The maximum Gasteiger partial charge on any atom is 0.205 e. The molecule has 2 aliphatic rings. The summed E-state index contributed by atoms with van der Waals surface area (Å²) in [6.45, 7) is 0.380. The summed E-state index contributed by atoms with van der Waals surface area (Å²) in [6, 6.07) is 0. The molecule has 1 fully saturated rings. The van der Waals surface area contributed by atoms with Gasteiger partial charge in [-0.2, -0.15) is 0 Å². The molecule has 1 aliphatic carbocycles. The quantitative estimate of drug-likeness (QED) is 0.410. The third kappa shape index (κ3) is 1.57. The highest BCUT2D eigenvalue weighted by atomic mass is 16.5. The van der Waals surface area contributed by atoms with Crippen LogP contribution in [-0.4, -0.2) is 29.9 Å². The lowest BCUT2D eigenvalue weighted by Crippen LogP contribution is -2.14. The van der Waals surface area contributed by atoms with Gasteiger partial charge in [0.25, 0.3) is 0 Å². The number of ether oxygens (including phenoxy) is 1. The van der Waals surface area contributed by atoms with Crippen molar-refractivity contribution in [2.24, 2.45) is 5.16 Å². The largest absolute Gasteiger partial charge is 0.411 e. The van der Waals surface area contributed by atoms with E-state index in [1.807, 2.05) is 0 Å². The molecule has 76 valence electrons. The summed E-state index contributed by atoms with van der Waals surface area (Å²) in [5.41, 5.74) is 1.83. The number of hydrogen-bond donors (Lipinski definition) is 1. The summed E-state index contributed by atoms with van der Waals surface area (Å²) < 4.78 is 5.50. The van der Waals surface area contributed by atoms with Crippen LogP contribution < -0.4 is 0 Å². The van der Waals surface area contributed by atoms with Crippen molar-refractivity contribution in [2.45, 2.75) is 31.8 Å². The normalized spacial score (nSPS) is 27.0. The fourth-order valence-electron chi connectivity index (χ4n) is 2.15. The van der Waals surface area contributed by atoms with Crippen molar-refractivity contribution in [3.8, 4) is 0 Å². The first-order chi connectivity index (χ1) is 6.83. The van der Waals surface area contributed by atoms with Crippen molar-refractivity contribution < 1.29 is 14.7 Å². The molecule has 4 nitrogen and oxygen atoms in total. The second-order valence-corrected chi connectivity index (χ2v) is 3.66. The minimum Gasteiger partial charge on any atom is -0.411 e. The topological polar surface area (TPSA) is 58.9 Å². The molecule has 0 aromatic heterocycles. The van der Waals surface area contributed by atoms with Crippen molar-refractivity contribution in [1.82, 2.24) is 0 Å². The molecule has 0 bridgehead atoms. The van der Waals surface area contributed by atoms with Crippen LogP contribution in [0.4, 0.5) is 0 Å². The van der Waals surface area contributed by atoms with Gasteiger partial charge >= 0.3 is 0 Å². The molecule has 0 amide bonds. The lowest BCUT2D eigenvalue weighted by Gasteiger charge is -2.19. The van der Waals surface area contributed by atoms with Crippen molar-refractivity contribution >= 4 is 12.0 Å². The first kappa shape index (κ1) is 9.40. The van der Waals surface area contributed by atoms with Gasteiger partial charge in [-0.15, -0.1) is 0 Å². The average Bonchev–Trinajstić information content (AvgIpc) is 2.61. The molecule has 0 spiro atoms. The van der Waals surface area contributed by atoms with Crippen LogP contribution in [0.5, 0.6) is 0 Å². The molecule has 0 aromatic carbocycles. The second-order valence-electron chi connectivity index (χ2n) is 3.66. The van der Waals surface area contributed by atoms with Crippen LogP contribution in [0.2, 0.25) is 0 Å². The molecule has 1 atom stereocenters. The number of rotatable bonds is 2. The van der Waals surface area contributed by atoms with Gasteiger partial charge in [-0.3, -0.25) is 4.79 Å². The monoisotopic (exact) mass is 195 g/mol.